The first kappa shape index (κ1) is 13.4. The minimum absolute atomic E-state index is 0.351. The lowest BCUT2D eigenvalue weighted by Crippen LogP contribution is -2.19. The lowest BCUT2D eigenvalue weighted by Gasteiger charge is -2.17. The van der Waals surface area contributed by atoms with Gasteiger partial charge in [0.2, 0.25) is 0 Å². The largest absolute Gasteiger partial charge is 0.467 e. The van der Waals surface area contributed by atoms with Crippen LogP contribution in [-0.2, 0) is 0 Å². The van der Waals surface area contributed by atoms with Crippen LogP contribution in [0.2, 0.25) is 5.02 Å². The van der Waals surface area contributed by atoms with Gasteiger partial charge in [0.15, 0.2) is 5.82 Å². The maximum Gasteiger partial charge on any atom is 0.318 e. The highest BCUT2D eigenvalue weighted by atomic mass is 35.5. The summed E-state index contributed by atoms with van der Waals surface area (Å²) in [6.45, 7) is 2.32. The summed E-state index contributed by atoms with van der Waals surface area (Å²) in [5.74, 6) is 1.51. The maximum atomic E-state index is 6.10. The van der Waals surface area contributed by atoms with Crippen LogP contribution in [0.4, 0.5) is 5.82 Å². The molecular formula is C13H20ClN3O. The standard InChI is InChI=1S/C13H20ClN3O/c1-9-4-3-5-10(7-6-9)16-12-11(14)8-15-13(17-12)18-2/h8-10H,3-7H2,1-2H3,(H,15,16,17). The van der Waals surface area contributed by atoms with Gasteiger partial charge in [-0.3, -0.25) is 0 Å². The number of ether oxygens (including phenoxy) is 1. The summed E-state index contributed by atoms with van der Waals surface area (Å²) >= 11 is 6.10. The van der Waals surface area contributed by atoms with Crippen molar-refractivity contribution in [2.75, 3.05) is 12.4 Å². The van der Waals surface area contributed by atoms with Gasteiger partial charge in [0.05, 0.1) is 13.3 Å². The minimum Gasteiger partial charge on any atom is -0.467 e. The Kier molecular flexibility index (Phi) is 4.64. The van der Waals surface area contributed by atoms with Gasteiger partial charge >= 0.3 is 6.01 Å². The number of nitrogens with zero attached hydrogens (tertiary/aromatic N) is 2. The van der Waals surface area contributed by atoms with E-state index >= 15 is 0 Å². The topological polar surface area (TPSA) is 47.0 Å². The highest BCUT2D eigenvalue weighted by Crippen LogP contribution is 2.27. The number of nitrogens with one attached hydrogen (secondary N) is 1. The molecule has 0 bridgehead atoms. The number of rotatable bonds is 3. The summed E-state index contributed by atoms with van der Waals surface area (Å²) in [5.41, 5.74) is 0. The third kappa shape index (κ3) is 3.48. The predicted molar refractivity (Wildman–Crippen MR) is 73.3 cm³/mol. The molecule has 1 N–H and O–H groups in total. The molecule has 5 heteroatoms. The van der Waals surface area contributed by atoms with E-state index in [1.807, 2.05) is 0 Å². The van der Waals surface area contributed by atoms with Crippen LogP contribution in [0.1, 0.15) is 39.0 Å². The van der Waals surface area contributed by atoms with Crippen LogP contribution >= 0.6 is 11.6 Å². The first-order chi connectivity index (χ1) is 8.69. The zero-order chi connectivity index (χ0) is 13.0. The molecule has 100 valence electrons. The molecule has 1 aromatic heterocycles. The number of aromatic nitrogens is 2. The van der Waals surface area contributed by atoms with E-state index < -0.39 is 0 Å². The van der Waals surface area contributed by atoms with Crippen molar-refractivity contribution in [3.8, 4) is 6.01 Å². The van der Waals surface area contributed by atoms with Gasteiger partial charge in [0.25, 0.3) is 0 Å². The van der Waals surface area contributed by atoms with Crippen molar-refractivity contribution < 1.29 is 4.74 Å². The Morgan fingerprint density at radius 1 is 1.33 bits per heavy atom. The van der Waals surface area contributed by atoms with Gasteiger partial charge in [0, 0.05) is 6.04 Å². The van der Waals surface area contributed by atoms with Crippen molar-refractivity contribution in [2.24, 2.45) is 5.92 Å². The summed E-state index contributed by atoms with van der Waals surface area (Å²) in [7, 11) is 1.56. The maximum absolute atomic E-state index is 6.10. The van der Waals surface area contributed by atoms with E-state index in [2.05, 4.69) is 22.2 Å². The number of halogens is 1. The van der Waals surface area contributed by atoms with E-state index in [1.54, 1.807) is 13.3 Å². The molecule has 1 aliphatic rings. The Balaban J connectivity index is 2.03. The third-order valence-electron chi connectivity index (χ3n) is 3.50. The predicted octanol–water partition coefficient (Wildman–Crippen LogP) is 3.52. The summed E-state index contributed by atoms with van der Waals surface area (Å²) < 4.78 is 5.02. The van der Waals surface area contributed by atoms with Crippen molar-refractivity contribution in [3.63, 3.8) is 0 Å². The monoisotopic (exact) mass is 269 g/mol. The molecule has 1 aromatic rings. The molecule has 2 unspecified atom stereocenters. The van der Waals surface area contributed by atoms with Gasteiger partial charge in [-0.05, 0) is 25.2 Å². The molecule has 0 saturated heterocycles. The van der Waals surface area contributed by atoms with E-state index in [0.717, 1.165) is 5.92 Å². The molecule has 1 aliphatic carbocycles. The van der Waals surface area contributed by atoms with Gasteiger partial charge < -0.3 is 10.1 Å². The lowest BCUT2D eigenvalue weighted by molar-refractivity contribution is 0.380. The SMILES string of the molecule is COc1ncc(Cl)c(NC2CCCC(C)CC2)n1. The normalized spacial score (nSPS) is 24.4. The van der Waals surface area contributed by atoms with Crippen molar-refractivity contribution in [1.29, 1.82) is 0 Å². The fraction of sp³-hybridized carbons (Fsp3) is 0.692. The van der Waals surface area contributed by atoms with E-state index in [4.69, 9.17) is 16.3 Å². The van der Waals surface area contributed by atoms with Crippen LogP contribution in [0, 0.1) is 5.92 Å². The molecule has 4 nitrogen and oxygen atoms in total. The number of anilines is 1. The first-order valence-corrected chi connectivity index (χ1v) is 6.90. The van der Waals surface area contributed by atoms with Crippen molar-refractivity contribution >= 4 is 17.4 Å². The van der Waals surface area contributed by atoms with Crippen LogP contribution in [0.5, 0.6) is 6.01 Å². The Morgan fingerprint density at radius 2 is 2.17 bits per heavy atom. The zero-order valence-corrected chi connectivity index (χ0v) is 11.7. The highest BCUT2D eigenvalue weighted by molar-refractivity contribution is 6.32. The second-order valence-electron chi connectivity index (χ2n) is 5.01. The Bertz CT molecular complexity index is 400. The summed E-state index contributed by atoms with van der Waals surface area (Å²) in [6, 6.07) is 0.802. The van der Waals surface area contributed by atoms with Gasteiger partial charge in [-0.25, -0.2) is 4.98 Å². The lowest BCUT2D eigenvalue weighted by atomic mass is 10.0. The van der Waals surface area contributed by atoms with Crippen LogP contribution in [0.25, 0.3) is 0 Å². The smallest absolute Gasteiger partial charge is 0.318 e. The molecule has 0 spiro atoms. The molecule has 1 saturated carbocycles. The second-order valence-corrected chi connectivity index (χ2v) is 5.42. The highest BCUT2D eigenvalue weighted by Gasteiger charge is 2.17. The molecular weight excluding hydrogens is 250 g/mol. The van der Waals surface area contributed by atoms with Crippen molar-refractivity contribution in [1.82, 2.24) is 9.97 Å². The van der Waals surface area contributed by atoms with Crippen LogP contribution in [-0.4, -0.2) is 23.1 Å². The molecule has 0 amide bonds. The average molecular weight is 270 g/mol. The number of hydrogen-bond donors (Lipinski definition) is 1. The van der Waals surface area contributed by atoms with E-state index in [0.29, 0.717) is 22.9 Å². The second kappa shape index (κ2) is 6.23. The fourth-order valence-electron chi connectivity index (χ4n) is 2.38. The summed E-state index contributed by atoms with van der Waals surface area (Å²) in [4.78, 5) is 8.23. The molecule has 0 aliphatic heterocycles. The van der Waals surface area contributed by atoms with Gasteiger partial charge in [0.1, 0.15) is 5.02 Å². The molecule has 2 rings (SSSR count). The molecule has 0 aromatic carbocycles. The number of methoxy groups -OCH3 is 1. The quantitative estimate of drug-likeness (QED) is 0.853. The van der Waals surface area contributed by atoms with Gasteiger partial charge in [-0.1, -0.05) is 31.4 Å². The van der Waals surface area contributed by atoms with Gasteiger partial charge in [-0.2, -0.15) is 4.98 Å². The minimum atomic E-state index is 0.351. The Hall–Kier alpha value is -1.03. The molecule has 0 radical (unpaired) electrons. The van der Waals surface area contributed by atoms with Crippen LogP contribution < -0.4 is 10.1 Å². The zero-order valence-electron chi connectivity index (χ0n) is 10.9. The van der Waals surface area contributed by atoms with Crippen LogP contribution in [0.3, 0.4) is 0 Å². The first-order valence-electron chi connectivity index (χ1n) is 6.52. The molecule has 1 heterocycles. The summed E-state index contributed by atoms with van der Waals surface area (Å²) in [5, 5.41) is 3.97. The average Bonchev–Trinajstić information content (AvgIpc) is 2.57. The van der Waals surface area contributed by atoms with E-state index in [9.17, 15) is 0 Å². The molecule has 1 fully saturated rings. The summed E-state index contributed by atoms with van der Waals surface area (Å²) in [6.07, 6.45) is 7.76. The number of hydrogen-bond acceptors (Lipinski definition) is 4. The van der Waals surface area contributed by atoms with E-state index in [-0.39, 0.29) is 0 Å². The van der Waals surface area contributed by atoms with E-state index in [1.165, 1.54) is 32.1 Å². The molecule has 2 atom stereocenters. The van der Waals surface area contributed by atoms with Crippen molar-refractivity contribution in [2.45, 2.75) is 45.1 Å². The van der Waals surface area contributed by atoms with Crippen molar-refractivity contribution in [3.05, 3.63) is 11.2 Å². The Labute approximate surface area is 113 Å². The van der Waals surface area contributed by atoms with Crippen LogP contribution in [0.15, 0.2) is 6.20 Å². The van der Waals surface area contributed by atoms with Gasteiger partial charge in [-0.15, -0.1) is 0 Å². The molecule has 18 heavy (non-hydrogen) atoms. The Morgan fingerprint density at radius 3 is 2.94 bits per heavy atom. The third-order valence-corrected chi connectivity index (χ3v) is 3.78. The fourth-order valence-corrected chi connectivity index (χ4v) is 2.52.